The van der Waals surface area contributed by atoms with Crippen LogP contribution in [-0.4, -0.2) is 21.6 Å². The number of para-hydroxylation sites is 1. The molecule has 1 aliphatic rings. The average molecular weight is 514 g/mol. The lowest BCUT2D eigenvalue weighted by atomic mass is 9.95. The summed E-state index contributed by atoms with van der Waals surface area (Å²) >= 11 is 1.16. The maximum atomic E-state index is 13.8. The number of carbonyl (C=O) groups excluding carboxylic acids is 1. The number of benzene rings is 3. The number of halogens is 1. The van der Waals surface area contributed by atoms with Crippen LogP contribution in [0.15, 0.2) is 99.9 Å². The second kappa shape index (κ2) is 9.79. The molecule has 37 heavy (non-hydrogen) atoms. The molecule has 0 bridgehead atoms. The number of hydrogen-bond donors (Lipinski definition) is 2. The summed E-state index contributed by atoms with van der Waals surface area (Å²) in [7, 11) is 0. The summed E-state index contributed by atoms with van der Waals surface area (Å²) in [6, 6.07) is 20.0. The van der Waals surface area contributed by atoms with Crippen LogP contribution in [0.25, 0.3) is 6.08 Å². The van der Waals surface area contributed by atoms with Crippen LogP contribution in [-0.2, 0) is 4.79 Å². The molecule has 1 aromatic heterocycles. The summed E-state index contributed by atoms with van der Waals surface area (Å²) in [4.78, 5) is 43.2. The van der Waals surface area contributed by atoms with Gasteiger partial charge in [0.1, 0.15) is 5.82 Å². The maximum Gasteiger partial charge on any atom is 0.335 e. The normalized spacial score (nSPS) is 15.2. The van der Waals surface area contributed by atoms with Gasteiger partial charge in [-0.2, -0.15) is 0 Å². The Bertz CT molecular complexity index is 1720. The van der Waals surface area contributed by atoms with Crippen molar-refractivity contribution in [1.82, 2.24) is 4.57 Å². The fraction of sp³-hybridized carbons (Fsp3) is 0.0714. The fourth-order valence-corrected chi connectivity index (χ4v) is 5.21. The lowest BCUT2D eigenvalue weighted by Gasteiger charge is -2.25. The van der Waals surface area contributed by atoms with Gasteiger partial charge in [0.2, 0.25) is 0 Å². The number of aromatic nitrogens is 1. The van der Waals surface area contributed by atoms with Crippen LogP contribution in [0.3, 0.4) is 0 Å². The van der Waals surface area contributed by atoms with Gasteiger partial charge in [-0.25, -0.2) is 14.2 Å². The van der Waals surface area contributed by atoms with Crippen LogP contribution >= 0.6 is 11.3 Å². The lowest BCUT2D eigenvalue weighted by molar-refractivity contribution is -0.113. The molecule has 3 aromatic carbocycles. The minimum atomic E-state index is -1.04. The highest BCUT2D eigenvalue weighted by molar-refractivity contribution is 7.07. The molecule has 0 radical (unpaired) electrons. The number of carboxylic acid groups (broad SMARTS) is 1. The molecule has 5 rings (SSSR count). The van der Waals surface area contributed by atoms with Crippen molar-refractivity contribution in [2.24, 2.45) is 4.99 Å². The van der Waals surface area contributed by atoms with Gasteiger partial charge in [0, 0.05) is 5.69 Å². The molecule has 1 atom stereocenters. The van der Waals surface area contributed by atoms with Gasteiger partial charge < -0.3 is 10.4 Å². The van der Waals surface area contributed by atoms with Gasteiger partial charge in [0.15, 0.2) is 4.80 Å². The van der Waals surface area contributed by atoms with Crippen LogP contribution < -0.4 is 20.2 Å². The molecule has 0 saturated carbocycles. The summed E-state index contributed by atoms with van der Waals surface area (Å²) in [5.74, 6) is -1.89. The largest absolute Gasteiger partial charge is 0.478 e. The topological polar surface area (TPSA) is 101 Å². The minimum Gasteiger partial charge on any atom is -0.478 e. The molecule has 0 aliphatic carbocycles. The highest BCUT2D eigenvalue weighted by Gasteiger charge is 2.32. The molecule has 1 aliphatic heterocycles. The average Bonchev–Trinajstić information content (AvgIpc) is 3.18. The van der Waals surface area contributed by atoms with Crippen LogP contribution in [0, 0.1) is 5.82 Å². The number of aromatic carboxylic acids is 1. The molecule has 0 unspecified atom stereocenters. The molecule has 2 N–H and O–H groups in total. The number of fused-ring (bicyclic) bond motifs is 1. The molecule has 4 aromatic rings. The van der Waals surface area contributed by atoms with E-state index in [-0.39, 0.29) is 16.7 Å². The molecular formula is C28H20FN3O4S. The maximum absolute atomic E-state index is 13.8. The van der Waals surface area contributed by atoms with E-state index < -0.39 is 23.7 Å². The van der Waals surface area contributed by atoms with Crippen molar-refractivity contribution in [2.45, 2.75) is 13.0 Å². The first kappa shape index (κ1) is 24.1. The Balaban J connectivity index is 1.64. The molecule has 184 valence electrons. The van der Waals surface area contributed by atoms with Crippen LogP contribution in [0.2, 0.25) is 0 Å². The van der Waals surface area contributed by atoms with Gasteiger partial charge in [0.25, 0.3) is 11.5 Å². The van der Waals surface area contributed by atoms with Crippen molar-refractivity contribution in [2.75, 3.05) is 5.32 Å². The highest BCUT2D eigenvalue weighted by Crippen LogP contribution is 2.30. The number of hydrogen-bond acceptors (Lipinski definition) is 5. The van der Waals surface area contributed by atoms with Gasteiger partial charge in [-0.3, -0.25) is 14.2 Å². The Morgan fingerprint density at radius 3 is 2.35 bits per heavy atom. The lowest BCUT2D eigenvalue weighted by Crippen LogP contribution is -2.40. The summed E-state index contributed by atoms with van der Waals surface area (Å²) in [6.07, 6.45) is 1.65. The molecule has 0 fully saturated rings. The molecule has 2 heterocycles. The summed E-state index contributed by atoms with van der Waals surface area (Å²) in [5.41, 5.74) is 2.30. The first-order valence-electron chi connectivity index (χ1n) is 11.3. The fourth-order valence-electron chi connectivity index (χ4n) is 4.17. The molecule has 9 heteroatoms. The molecule has 0 saturated heterocycles. The van der Waals surface area contributed by atoms with Gasteiger partial charge in [-0.1, -0.05) is 53.8 Å². The van der Waals surface area contributed by atoms with E-state index in [0.717, 1.165) is 11.3 Å². The third kappa shape index (κ3) is 4.76. The van der Waals surface area contributed by atoms with E-state index in [1.165, 1.54) is 28.8 Å². The standard InChI is InChI=1S/C28H20FN3O4S/c1-16-23(25(33)31-21-5-3-2-4-6-21)24(18-11-13-20(29)14-12-18)32-26(34)22(37-28(32)30-16)15-17-7-9-19(10-8-17)27(35)36/h2-15,24H,1H3,(H,31,33)(H,35,36)/b22-15-/t24-/m1/s1. The predicted molar refractivity (Wildman–Crippen MR) is 139 cm³/mol. The summed E-state index contributed by atoms with van der Waals surface area (Å²) < 4.78 is 15.6. The van der Waals surface area contributed by atoms with E-state index in [1.54, 1.807) is 61.5 Å². The van der Waals surface area contributed by atoms with E-state index in [2.05, 4.69) is 10.3 Å². The van der Waals surface area contributed by atoms with Crippen molar-refractivity contribution in [3.8, 4) is 0 Å². The third-order valence-electron chi connectivity index (χ3n) is 5.94. The molecule has 0 spiro atoms. The van der Waals surface area contributed by atoms with Crippen LogP contribution in [0.1, 0.15) is 34.5 Å². The quantitative estimate of drug-likeness (QED) is 0.425. The van der Waals surface area contributed by atoms with Gasteiger partial charge in [-0.05, 0) is 60.5 Å². The number of rotatable bonds is 5. The number of nitrogens with zero attached hydrogens (tertiary/aromatic N) is 2. The van der Waals surface area contributed by atoms with E-state index in [4.69, 9.17) is 5.11 Å². The molecule has 1 amide bonds. The van der Waals surface area contributed by atoms with E-state index in [1.807, 2.05) is 6.07 Å². The Morgan fingerprint density at radius 2 is 1.70 bits per heavy atom. The Labute approximate surface area is 214 Å². The number of carbonyl (C=O) groups is 2. The highest BCUT2D eigenvalue weighted by atomic mass is 32.1. The Hall–Kier alpha value is -4.63. The number of amides is 1. The minimum absolute atomic E-state index is 0.139. The van der Waals surface area contributed by atoms with E-state index >= 15 is 0 Å². The predicted octanol–water partition coefficient (Wildman–Crippen LogP) is 3.71. The second-order valence-corrected chi connectivity index (χ2v) is 9.39. The van der Waals surface area contributed by atoms with E-state index in [9.17, 15) is 18.8 Å². The number of allylic oxidation sites excluding steroid dienone is 1. The second-order valence-electron chi connectivity index (χ2n) is 8.38. The number of carboxylic acids is 1. The SMILES string of the molecule is CC1=C(C(=O)Nc2ccccc2)[C@@H](c2ccc(F)cc2)n2c(s/c(=C\c3ccc(C(=O)O)cc3)c2=O)=N1. The first-order chi connectivity index (χ1) is 17.8. The first-order valence-corrected chi connectivity index (χ1v) is 12.1. The van der Waals surface area contributed by atoms with Crippen molar-refractivity contribution in [1.29, 1.82) is 0 Å². The number of thiazole rings is 1. The number of anilines is 1. The van der Waals surface area contributed by atoms with Crippen molar-refractivity contribution in [3.63, 3.8) is 0 Å². The smallest absolute Gasteiger partial charge is 0.335 e. The van der Waals surface area contributed by atoms with Gasteiger partial charge in [-0.15, -0.1) is 0 Å². The zero-order valence-electron chi connectivity index (χ0n) is 19.5. The van der Waals surface area contributed by atoms with Gasteiger partial charge in [0.05, 0.1) is 27.4 Å². The zero-order valence-corrected chi connectivity index (χ0v) is 20.3. The molecule has 7 nitrogen and oxygen atoms in total. The Kier molecular flexibility index (Phi) is 6.37. The monoisotopic (exact) mass is 513 g/mol. The van der Waals surface area contributed by atoms with Crippen molar-refractivity contribution < 1.29 is 19.1 Å². The molecular weight excluding hydrogens is 493 g/mol. The van der Waals surface area contributed by atoms with Crippen molar-refractivity contribution in [3.05, 3.63) is 132 Å². The number of nitrogens with one attached hydrogen (secondary N) is 1. The van der Waals surface area contributed by atoms with Gasteiger partial charge >= 0.3 is 5.97 Å². The van der Waals surface area contributed by atoms with Crippen molar-refractivity contribution >= 4 is 35.0 Å². The summed E-state index contributed by atoms with van der Waals surface area (Å²) in [6.45, 7) is 1.71. The summed E-state index contributed by atoms with van der Waals surface area (Å²) in [5, 5.41) is 12.0. The third-order valence-corrected chi connectivity index (χ3v) is 6.92. The Morgan fingerprint density at radius 1 is 1.03 bits per heavy atom. The van der Waals surface area contributed by atoms with Crippen LogP contribution in [0.5, 0.6) is 0 Å². The zero-order chi connectivity index (χ0) is 26.1. The van der Waals surface area contributed by atoms with E-state index in [0.29, 0.717) is 31.8 Å². The van der Waals surface area contributed by atoms with Crippen LogP contribution in [0.4, 0.5) is 10.1 Å².